The fourth-order valence-electron chi connectivity index (χ4n) is 5.06. The average molecular weight is 441 g/mol. The molecule has 0 spiro atoms. The number of amides is 1. The second-order valence-electron chi connectivity index (χ2n) is 9.73. The Balaban J connectivity index is 1.54. The van der Waals surface area contributed by atoms with Gasteiger partial charge in [0.2, 0.25) is 5.91 Å². The van der Waals surface area contributed by atoms with E-state index >= 15 is 0 Å². The number of aryl methyl sites for hydroxylation is 1. The van der Waals surface area contributed by atoms with E-state index in [0.29, 0.717) is 31.4 Å². The van der Waals surface area contributed by atoms with Gasteiger partial charge < -0.3 is 9.88 Å². The molecule has 2 aliphatic rings. The Morgan fingerprint density at radius 1 is 1.19 bits per heavy atom. The molecule has 4 rings (SSSR count). The fourth-order valence-corrected chi connectivity index (χ4v) is 5.06. The van der Waals surface area contributed by atoms with Crippen LogP contribution < -0.4 is 5.56 Å². The number of nitrogens with one attached hydrogen (secondary N) is 1. The molecule has 2 aromatic heterocycles. The van der Waals surface area contributed by atoms with Gasteiger partial charge in [0.25, 0.3) is 5.56 Å². The lowest BCUT2D eigenvalue weighted by atomic mass is 10.0. The van der Waals surface area contributed by atoms with Gasteiger partial charge in [-0.1, -0.05) is 0 Å². The monoisotopic (exact) mass is 440 g/mol. The predicted octanol–water partition coefficient (Wildman–Crippen LogP) is 2.97. The number of rotatable bonds is 5. The van der Waals surface area contributed by atoms with Crippen molar-refractivity contribution in [2.45, 2.75) is 91.9 Å². The van der Waals surface area contributed by atoms with Gasteiger partial charge >= 0.3 is 0 Å². The quantitative estimate of drug-likeness (QED) is 0.772. The maximum absolute atomic E-state index is 13.3. The van der Waals surface area contributed by atoms with E-state index in [1.807, 2.05) is 23.4 Å². The van der Waals surface area contributed by atoms with Crippen LogP contribution >= 0.6 is 0 Å². The molecular weight excluding hydrogens is 404 g/mol. The van der Waals surface area contributed by atoms with E-state index in [2.05, 4.69) is 42.7 Å². The number of hydrogen-bond acceptors (Lipinski definition) is 5. The zero-order valence-electron chi connectivity index (χ0n) is 20.2. The number of fused-ring (bicyclic) bond motifs is 1. The van der Waals surface area contributed by atoms with Crippen LogP contribution in [0.4, 0.5) is 0 Å². The topological polar surface area (TPSA) is 87.1 Å². The van der Waals surface area contributed by atoms with Gasteiger partial charge in [-0.2, -0.15) is 5.10 Å². The molecule has 8 heteroatoms. The standard InChI is InChI=1S/C24H36N6O2/c1-14(2)28-11-9-19-20(13-28)25-23(26-24(19)32)21-8-7-10-29(21)22(31)12-15(3)30-18(6)16(4)17(5)27-30/h14-15,21H,7-13H2,1-6H3,(H,25,26,32)/t15-,21+/m1/s1. The predicted molar refractivity (Wildman–Crippen MR) is 124 cm³/mol. The van der Waals surface area contributed by atoms with Crippen LogP contribution in [0.2, 0.25) is 0 Å². The Kier molecular flexibility index (Phi) is 6.25. The van der Waals surface area contributed by atoms with Crippen molar-refractivity contribution in [3.63, 3.8) is 0 Å². The van der Waals surface area contributed by atoms with Crippen molar-refractivity contribution < 1.29 is 4.79 Å². The van der Waals surface area contributed by atoms with Gasteiger partial charge in [0.1, 0.15) is 5.82 Å². The maximum Gasteiger partial charge on any atom is 0.254 e. The smallest absolute Gasteiger partial charge is 0.254 e. The molecule has 1 N–H and O–H groups in total. The Bertz CT molecular complexity index is 1070. The second kappa shape index (κ2) is 8.81. The molecule has 0 unspecified atom stereocenters. The molecule has 0 bridgehead atoms. The number of hydrogen-bond donors (Lipinski definition) is 1. The Morgan fingerprint density at radius 3 is 2.59 bits per heavy atom. The van der Waals surface area contributed by atoms with Crippen LogP contribution in [0.1, 0.15) is 86.2 Å². The fraction of sp³-hybridized carbons (Fsp3) is 0.667. The van der Waals surface area contributed by atoms with Crippen LogP contribution in [0, 0.1) is 20.8 Å². The van der Waals surface area contributed by atoms with Gasteiger partial charge in [0.05, 0.1) is 23.5 Å². The van der Waals surface area contributed by atoms with Crippen LogP contribution in [0.25, 0.3) is 0 Å². The van der Waals surface area contributed by atoms with Crippen molar-refractivity contribution in [3.05, 3.63) is 44.4 Å². The van der Waals surface area contributed by atoms with Gasteiger partial charge in [-0.05, 0) is 66.4 Å². The number of H-pyrrole nitrogens is 1. The molecule has 0 radical (unpaired) electrons. The van der Waals surface area contributed by atoms with Crippen LogP contribution in [0.5, 0.6) is 0 Å². The Morgan fingerprint density at radius 2 is 1.94 bits per heavy atom. The van der Waals surface area contributed by atoms with Crippen LogP contribution in [-0.4, -0.2) is 54.6 Å². The van der Waals surface area contributed by atoms with Gasteiger partial charge in [0, 0.05) is 43.4 Å². The second-order valence-corrected chi connectivity index (χ2v) is 9.73. The lowest BCUT2D eigenvalue weighted by Gasteiger charge is -2.32. The van der Waals surface area contributed by atoms with E-state index in [-0.39, 0.29) is 23.6 Å². The highest BCUT2D eigenvalue weighted by Crippen LogP contribution is 2.32. The summed E-state index contributed by atoms with van der Waals surface area (Å²) in [7, 11) is 0. The highest BCUT2D eigenvalue weighted by atomic mass is 16.2. The summed E-state index contributed by atoms with van der Waals surface area (Å²) in [5.74, 6) is 0.731. The molecule has 2 aromatic rings. The van der Waals surface area contributed by atoms with E-state index in [9.17, 15) is 9.59 Å². The summed E-state index contributed by atoms with van der Waals surface area (Å²) >= 11 is 0. The van der Waals surface area contributed by atoms with Crippen molar-refractivity contribution in [1.29, 1.82) is 0 Å². The van der Waals surface area contributed by atoms with E-state index in [0.717, 1.165) is 48.5 Å². The molecule has 0 saturated carbocycles. The minimum absolute atomic E-state index is 0.0220. The van der Waals surface area contributed by atoms with E-state index in [1.54, 1.807) is 0 Å². The number of likely N-dealkylation sites (tertiary alicyclic amines) is 1. The summed E-state index contributed by atoms with van der Waals surface area (Å²) in [5, 5.41) is 4.63. The maximum atomic E-state index is 13.3. The number of carbonyl (C=O) groups excluding carboxylic acids is 1. The molecule has 1 amide bonds. The van der Waals surface area contributed by atoms with Gasteiger partial charge in [0.15, 0.2) is 0 Å². The van der Waals surface area contributed by atoms with Gasteiger partial charge in [-0.25, -0.2) is 4.98 Å². The summed E-state index contributed by atoms with van der Waals surface area (Å²) < 4.78 is 1.97. The Hall–Kier alpha value is -2.48. The Labute approximate surface area is 190 Å². The number of aromatic nitrogens is 4. The summed E-state index contributed by atoms with van der Waals surface area (Å²) in [6, 6.07) is 0.229. The van der Waals surface area contributed by atoms with E-state index < -0.39 is 0 Å². The minimum atomic E-state index is -0.163. The third kappa shape index (κ3) is 4.12. The summed E-state index contributed by atoms with van der Waals surface area (Å²) in [6.45, 7) is 14.8. The first-order valence-corrected chi connectivity index (χ1v) is 11.8. The molecule has 174 valence electrons. The first-order chi connectivity index (χ1) is 15.2. The third-order valence-electron chi connectivity index (χ3n) is 7.31. The van der Waals surface area contributed by atoms with Crippen LogP contribution in [0.15, 0.2) is 4.79 Å². The molecule has 0 aliphatic carbocycles. The highest BCUT2D eigenvalue weighted by Gasteiger charge is 2.34. The first kappa shape index (κ1) is 22.7. The molecule has 8 nitrogen and oxygen atoms in total. The van der Waals surface area contributed by atoms with Crippen molar-refractivity contribution in [3.8, 4) is 0 Å². The molecular formula is C24H36N6O2. The summed E-state index contributed by atoms with van der Waals surface area (Å²) in [6.07, 6.45) is 2.86. The van der Waals surface area contributed by atoms with Crippen molar-refractivity contribution in [2.24, 2.45) is 0 Å². The van der Waals surface area contributed by atoms with Crippen molar-refractivity contribution in [2.75, 3.05) is 13.1 Å². The zero-order valence-corrected chi connectivity index (χ0v) is 20.2. The van der Waals surface area contributed by atoms with E-state index in [1.165, 1.54) is 5.56 Å². The number of carbonyl (C=O) groups is 1. The molecule has 4 heterocycles. The van der Waals surface area contributed by atoms with Gasteiger partial charge in [-0.3, -0.25) is 19.2 Å². The number of aromatic amines is 1. The molecule has 0 aromatic carbocycles. The lowest BCUT2D eigenvalue weighted by Crippen LogP contribution is -2.40. The lowest BCUT2D eigenvalue weighted by molar-refractivity contribution is -0.133. The SMILES string of the molecule is Cc1nn([C@H](C)CC(=O)N2CCC[C@H]2c2nc3c(c(=O)[nH]2)CCN(C(C)C)C3)c(C)c1C. The molecule has 1 fully saturated rings. The van der Waals surface area contributed by atoms with Crippen molar-refractivity contribution in [1.82, 2.24) is 29.5 Å². The molecule has 32 heavy (non-hydrogen) atoms. The van der Waals surface area contributed by atoms with Crippen LogP contribution in [0.3, 0.4) is 0 Å². The van der Waals surface area contributed by atoms with Crippen LogP contribution in [-0.2, 0) is 17.8 Å². The van der Waals surface area contributed by atoms with Gasteiger partial charge in [-0.15, -0.1) is 0 Å². The highest BCUT2D eigenvalue weighted by molar-refractivity contribution is 5.77. The number of nitrogens with zero attached hydrogens (tertiary/aromatic N) is 5. The zero-order chi connectivity index (χ0) is 23.2. The normalized spacial score (nSPS) is 20.1. The first-order valence-electron chi connectivity index (χ1n) is 11.8. The average Bonchev–Trinajstić information content (AvgIpc) is 3.34. The van der Waals surface area contributed by atoms with Crippen molar-refractivity contribution >= 4 is 5.91 Å². The summed E-state index contributed by atoms with van der Waals surface area (Å²) in [5.41, 5.74) is 4.92. The molecule has 1 saturated heterocycles. The molecule has 2 aliphatic heterocycles. The molecule has 2 atom stereocenters. The largest absolute Gasteiger partial charge is 0.332 e. The summed E-state index contributed by atoms with van der Waals surface area (Å²) in [4.78, 5) is 38.2. The minimum Gasteiger partial charge on any atom is -0.332 e. The third-order valence-corrected chi connectivity index (χ3v) is 7.31. The van der Waals surface area contributed by atoms with E-state index in [4.69, 9.17) is 4.98 Å².